The summed E-state index contributed by atoms with van der Waals surface area (Å²) < 4.78 is 27.3. The average Bonchev–Trinajstić information content (AvgIpc) is 3.42. The molecule has 3 heterocycles. The summed E-state index contributed by atoms with van der Waals surface area (Å²) in [5.74, 6) is -1.36. The number of aromatic nitrogens is 4. The summed E-state index contributed by atoms with van der Waals surface area (Å²) in [6.07, 6.45) is 6.65. The molecule has 1 N–H and O–H groups in total. The zero-order chi connectivity index (χ0) is 31.1. The Kier molecular flexibility index (Phi) is 9.57. The third-order valence-electron chi connectivity index (χ3n) is 6.62. The van der Waals surface area contributed by atoms with Gasteiger partial charge in [0.05, 0.1) is 41.7 Å². The predicted molar refractivity (Wildman–Crippen MR) is 171 cm³/mol. The van der Waals surface area contributed by atoms with Crippen molar-refractivity contribution in [2.75, 3.05) is 20.3 Å². The predicted octanol–water partition coefficient (Wildman–Crippen LogP) is 6.44. The van der Waals surface area contributed by atoms with Crippen molar-refractivity contribution in [2.24, 2.45) is 5.92 Å². The summed E-state index contributed by atoms with van der Waals surface area (Å²) in [7, 11) is -1.08. The largest absolute Gasteiger partial charge is 0.469 e. The first-order valence-electron chi connectivity index (χ1n) is 13.7. The number of rotatable bonds is 11. The van der Waals surface area contributed by atoms with Gasteiger partial charge in [-0.1, -0.05) is 43.0 Å². The van der Waals surface area contributed by atoms with Crippen molar-refractivity contribution in [1.29, 1.82) is 0 Å². The van der Waals surface area contributed by atoms with Gasteiger partial charge in [-0.3, -0.25) is 19.1 Å². The van der Waals surface area contributed by atoms with Gasteiger partial charge in [-0.15, -0.1) is 0 Å². The molecule has 0 aliphatic carbocycles. The van der Waals surface area contributed by atoms with Gasteiger partial charge in [0.25, 0.3) is 5.91 Å². The molecule has 0 aliphatic heterocycles. The summed E-state index contributed by atoms with van der Waals surface area (Å²) in [4.78, 5) is 35.1. The Morgan fingerprint density at radius 3 is 2.45 bits per heavy atom. The summed E-state index contributed by atoms with van der Waals surface area (Å²) in [5.41, 5.74) is 2.30. The highest BCUT2D eigenvalue weighted by Crippen LogP contribution is 2.52. The number of methoxy groups -OCH3 is 1. The van der Waals surface area contributed by atoms with E-state index in [0.29, 0.717) is 22.2 Å². The van der Waals surface area contributed by atoms with Crippen LogP contribution in [0.5, 0.6) is 5.88 Å². The van der Waals surface area contributed by atoms with Crippen molar-refractivity contribution in [1.82, 2.24) is 24.8 Å². The summed E-state index contributed by atoms with van der Waals surface area (Å²) >= 11 is 1.39. The molecule has 0 fully saturated rings. The third kappa shape index (κ3) is 6.90. The average molecular weight is 628 g/mol. The molecular weight excluding hydrogens is 597 g/mol. The summed E-state index contributed by atoms with van der Waals surface area (Å²) in [6, 6.07) is 23.6. The highest BCUT2D eigenvalue weighted by Gasteiger charge is 2.36. The second kappa shape index (κ2) is 13.7. The van der Waals surface area contributed by atoms with Gasteiger partial charge in [0.2, 0.25) is 5.88 Å². The molecule has 44 heavy (non-hydrogen) atoms. The standard InChI is InChI=1S/C32H30N5O5PS/c1-22(32(39)41-3)21-43(40,42-30-13-7-9-19-35-30)37-28-20-24(44-29-12-5-4-11-26(29)31(38)33-2)15-16-25(28)27(36-37)17-14-23-10-6-8-18-34-23/h4-20,22H,21H2,1-3H3,(H,33,38)/b17-14+/t22-,43?/m1/s1. The number of esters is 1. The molecule has 1 unspecified atom stereocenters. The molecule has 3 aromatic heterocycles. The summed E-state index contributed by atoms with van der Waals surface area (Å²) in [5, 5.41) is 8.16. The van der Waals surface area contributed by atoms with Crippen LogP contribution in [0.4, 0.5) is 0 Å². The SMILES string of the molecule is CNC(=O)c1ccccc1Sc1ccc2c(/C=C/c3ccccn3)nn(P(=O)(C[C@@H](C)C(=O)OC)Oc3ccccn3)c2c1. The van der Waals surface area contributed by atoms with Crippen LogP contribution in [0.3, 0.4) is 0 Å². The Morgan fingerprint density at radius 1 is 1.00 bits per heavy atom. The first-order chi connectivity index (χ1) is 21.3. The maximum Gasteiger partial charge on any atom is 0.365 e. The molecule has 5 aromatic rings. The van der Waals surface area contributed by atoms with Crippen LogP contribution in [-0.2, 0) is 14.1 Å². The third-order valence-corrected chi connectivity index (χ3v) is 10.0. The number of hydrogen-bond acceptors (Lipinski definition) is 9. The number of ether oxygens (including phenoxy) is 1. The number of carbonyl (C=O) groups excluding carboxylic acids is 2. The van der Waals surface area contributed by atoms with E-state index in [0.717, 1.165) is 15.5 Å². The Labute approximate surface area is 259 Å². The number of amides is 1. The van der Waals surface area contributed by atoms with Gasteiger partial charge in [0.1, 0.15) is 0 Å². The smallest absolute Gasteiger partial charge is 0.365 e. The molecule has 0 bridgehead atoms. The Hall–Kier alpha value is -4.73. The number of hydrogen-bond donors (Lipinski definition) is 1. The van der Waals surface area contributed by atoms with Crippen molar-refractivity contribution < 1.29 is 23.4 Å². The lowest BCUT2D eigenvalue weighted by molar-refractivity contribution is -0.144. The van der Waals surface area contributed by atoms with Gasteiger partial charge in [-0.2, -0.15) is 9.55 Å². The zero-order valence-electron chi connectivity index (χ0n) is 24.3. The molecule has 2 aromatic carbocycles. The molecule has 0 spiro atoms. The van der Waals surface area contributed by atoms with Crippen molar-refractivity contribution >= 4 is 54.2 Å². The Bertz CT molecular complexity index is 1860. The van der Waals surface area contributed by atoms with Crippen LogP contribution in [0.25, 0.3) is 23.1 Å². The molecule has 2 atom stereocenters. The van der Waals surface area contributed by atoms with E-state index >= 15 is 0 Å². The zero-order valence-corrected chi connectivity index (χ0v) is 26.0. The fourth-order valence-corrected chi connectivity index (χ4v) is 7.74. The second-order valence-electron chi connectivity index (χ2n) is 9.72. The molecule has 10 nitrogen and oxygen atoms in total. The van der Waals surface area contributed by atoms with Gasteiger partial charge >= 0.3 is 13.5 Å². The Morgan fingerprint density at radius 2 is 1.75 bits per heavy atom. The van der Waals surface area contributed by atoms with Gasteiger partial charge in [-0.25, -0.2) is 4.98 Å². The first-order valence-corrected chi connectivity index (χ1v) is 16.3. The van der Waals surface area contributed by atoms with Crippen LogP contribution in [0, 0.1) is 5.92 Å². The van der Waals surface area contributed by atoms with E-state index < -0.39 is 19.4 Å². The molecule has 0 saturated carbocycles. The number of fused-ring (bicyclic) bond motifs is 1. The van der Waals surface area contributed by atoms with E-state index in [2.05, 4.69) is 15.3 Å². The molecule has 0 saturated heterocycles. The molecule has 0 aliphatic rings. The quantitative estimate of drug-likeness (QED) is 0.130. The molecule has 224 valence electrons. The lowest BCUT2D eigenvalue weighted by Crippen LogP contribution is -2.21. The highest BCUT2D eigenvalue weighted by atomic mass is 32.2. The van der Waals surface area contributed by atoms with Crippen molar-refractivity contribution in [3.8, 4) is 5.88 Å². The van der Waals surface area contributed by atoms with Gasteiger partial charge in [0, 0.05) is 40.7 Å². The lowest BCUT2D eigenvalue weighted by atomic mass is 10.2. The fourth-order valence-electron chi connectivity index (χ4n) is 4.49. The minimum absolute atomic E-state index is 0.132. The van der Waals surface area contributed by atoms with Crippen molar-refractivity contribution in [2.45, 2.75) is 16.7 Å². The highest BCUT2D eigenvalue weighted by molar-refractivity contribution is 7.99. The molecule has 5 rings (SSSR count). The summed E-state index contributed by atoms with van der Waals surface area (Å²) in [6.45, 7) is 1.63. The first kappa shape index (κ1) is 30.7. The van der Waals surface area contributed by atoms with Crippen LogP contribution in [0.1, 0.15) is 28.7 Å². The van der Waals surface area contributed by atoms with Crippen molar-refractivity contribution in [3.05, 3.63) is 108 Å². The van der Waals surface area contributed by atoms with E-state index in [4.69, 9.17) is 14.4 Å². The van der Waals surface area contributed by atoms with E-state index in [1.54, 1.807) is 56.6 Å². The molecule has 12 heteroatoms. The number of carbonyl (C=O) groups is 2. The van der Waals surface area contributed by atoms with E-state index in [1.165, 1.54) is 29.5 Å². The van der Waals surface area contributed by atoms with Gasteiger partial charge in [-0.05, 0) is 60.7 Å². The van der Waals surface area contributed by atoms with Crippen LogP contribution in [0.15, 0.2) is 101 Å². The lowest BCUT2D eigenvalue weighted by Gasteiger charge is -2.22. The van der Waals surface area contributed by atoms with E-state index in [9.17, 15) is 14.2 Å². The minimum atomic E-state index is -3.95. The van der Waals surface area contributed by atoms with E-state index in [-0.39, 0.29) is 17.9 Å². The second-order valence-corrected chi connectivity index (χ2v) is 13.0. The van der Waals surface area contributed by atoms with Crippen LogP contribution >= 0.6 is 19.3 Å². The molecular formula is C32H30N5O5PS. The topological polar surface area (TPSA) is 125 Å². The van der Waals surface area contributed by atoms with Crippen LogP contribution in [-0.4, -0.2) is 51.7 Å². The number of benzene rings is 2. The number of nitrogens with one attached hydrogen (secondary N) is 1. The Balaban J connectivity index is 1.66. The maximum absolute atomic E-state index is 14.9. The number of nitrogens with zero attached hydrogens (tertiary/aromatic N) is 4. The molecule has 0 radical (unpaired) electrons. The maximum atomic E-state index is 14.9. The van der Waals surface area contributed by atoms with E-state index in [1.807, 2.05) is 54.6 Å². The van der Waals surface area contributed by atoms with Crippen LogP contribution < -0.4 is 9.84 Å². The fraction of sp³-hybridized carbons (Fsp3) is 0.156. The van der Waals surface area contributed by atoms with Crippen LogP contribution in [0.2, 0.25) is 0 Å². The number of pyridine rings is 2. The molecule has 1 amide bonds. The minimum Gasteiger partial charge on any atom is -0.469 e. The van der Waals surface area contributed by atoms with Crippen molar-refractivity contribution in [3.63, 3.8) is 0 Å². The van der Waals surface area contributed by atoms with Gasteiger partial charge in [0.15, 0.2) is 0 Å². The normalized spacial score (nSPS) is 13.3. The monoisotopic (exact) mass is 627 g/mol. The van der Waals surface area contributed by atoms with Gasteiger partial charge < -0.3 is 14.6 Å².